The zero-order chi connectivity index (χ0) is 15.7. The molecule has 1 aromatic heterocycles. The molecule has 3 heterocycles. The largest absolute Gasteiger partial charge is 0.472 e. The van der Waals surface area contributed by atoms with Gasteiger partial charge in [0.15, 0.2) is 0 Å². The zero-order valence-electron chi connectivity index (χ0n) is 13.5. The number of carbonyl (C=O) groups is 1. The van der Waals surface area contributed by atoms with Crippen molar-refractivity contribution in [2.75, 3.05) is 32.9 Å². The van der Waals surface area contributed by atoms with Crippen molar-refractivity contribution in [1.29, 1.82) is 0 Å². The molecule has 0 spiro atoms. The van der Waals surface area contributed by atoms with Gasteiger partial charge in [0.05, 0.1) is 24.5 Å². The highest BCUT2D eigenvalue weighted by molar-refractivity contribution is 5.93. The molecule has 0 radical (unpaired) electrons. The summed E-state index contributed by atoms with van der Waals surface area (Å²) in [5, 5.41) is 0. The van der Waals surface area contributed by atoms with E-state index in [9.17, 15) is 4.79 Å². The normalized spacial score (nSPS) is 31.0. The quantitative estimate of drug-likeness (QED) is 0.837. The van der Waals surface area contributed by atoms with Gasteiger partial charge in [0.25, 0.3) is 5.91 Å². The molecule has 3 aliphatic rings. The zero-order valence-corrected chi connectivity index (χ0v) is 13.5. The van der Waals surface area contributed by atoms with Crippen LogP contribution in [0.1, 0.15) is 42.5 Å². The first kappa shape index (κ1) is 15.2. The Morgan fingerprint density at radius 3 is 3.09 bits per heavy atom. The number of carbonyl (C=O) groups excluding carboxylic acids is 1. The van der Waals surface area contributed by atoms with Gasteiger partial charge in [-0.1, -0.05) is 0 Å². The lowest BCUT2D eigenvalue weighted by atomic mass is 9.73. The van der Waals surface area contributed by atoms with E-state index in [1.54, 1.807) is 12.3 Å². The minimum Gasteiger partial charge on any atom is -0.472 e. The van der Waals surface area contributed by atoms with Crippen molar-refractivity contribution in [3.8, 4) is 0 Å². The van der Waals surface area contributed by atoms with Crippen molar-refractivity contribution >= 4 is 5.91 Å². The summed E-state index contributed by atoms with van der Waals surface area (Å²) in [6.45, 7) is 3.89. The van der Waals surface area contributed by atoms with Crippen LogP contribution in [0, 0.1) is 11.3 Å². The van der Waals surface area contributed by atoms with Crippen molar-refractivity contribution in [3.05, 3.63) is 24.2 Å². The molecule has 0 N–H and O–H groups in total. The minimum atomic E-state index is -0.0369. The minimum absolute atomic E-state index is 0.0369. The fourth-order valence-corrected chi connectivity index (χ4v) is 3.96. The number of nitrogens with zero attached hydrogens (tertiary/aromatic N) is 1. The topological polar surface area (TPSA) is 51.9 Å². The van der Waals surface area contributed by atoms with E-state index in [2.05, 4.69) is 0 Å². The van der Waals surface area contributed by atoms with Crippen molar-refractivity contribution in [2.24, 2.45) is 11.3 Å². The maximum Gasteiger partial charge on any atom is 0.257 e. The SMILES string of the molecule is O=C(c1ccoc1)N1CCC2OCCCC2(COCC2CC2)C1. The summed E-state index contributed by atoms with van der Waals surface area (Å²) in [4.78, 5) is 14.6. The lowest BCUT2D eigenvalue weighted by molar-refractivity contribution is -0.147. The number of likely N-dealkylation sites (tertiary alicyclic amines) is 1. The predicted octanol–water partition coefficient (Wildman–Crippen LogP) is 2.72. The molecule has 126 valence electrons. The summed E-state index contributed by atoms with van der Waals surface area (Å²) in [6, 6.07) is 1.74. The van der Waals surface area contributed by atoms with Crippen LogP contribution >= 0.6 is 0 Å². The lowest BCUT2D eigenvalue weighted by Gasteiger charge is -2.50. The Kier molecular flexibility index (Phi) is 4.16. The lowest BCUT2D eigenvalue weighted by Crippen LogP contribution is -2.58. The van der Waals surface area contributed by atoms with E-state index in [0.29, 0.717) is 12.2 Å². The predicted molar refractivity (Wildman–Crippen MR) is 84.2 cm³/mol. The van der Waals surface area contributed by atoms with Crippen molar-refractivity contribution in [2.45, 2.75) is 38.2 Å². The molecule has 3 fully saturated rings. The number of hydrogen-bond donors (Lipinski definition) is 0. The summed E-state index contributed by atoms with van der Waals surface area (Å²) in [7, 11) is 0. The van der Waals surface area contributed by atoms with Gasteiger partial charge in [-0.25, -0.2) is 0 Å². The molecule has 0 bridgehead atoms. The van der Waals surface area contributed by atoms with Crippen LogP contribution in [0.2, 0.25) is 0 Å². The van der Waals surface area contributed by atoms with E-state index in [4.69, 9.17) is 13.9 Å². The van der Waals surface area contributed by atoms with E-state index >= 15 is 0 Å². The highest BCUT2D eigenvalue weighted by Crippen LogP contribution is 2.41. The van der Waals surface area contributed by atoms with Gasteiger partial charge in [0.1, 0.15) is 6.26 Å². The molecule has 5 nitrogen and oxygen atoms in total. The maximum absolute atomic E-state index is 12.7. The number of rotatable bonds is 5. The molecule has 2 unspecified atom stereocenters. The van der Waals surface area contributed by atoms with Crippen LogP contribution in [0.3, 0.4) is 0 Å². The highest BCUT2D eigenvalue weighted by atomic mass is 16.5. The Balaban J connectivity index is 1.46. The first-order valence-electron chi connectivity index (χ1n) is 8.78. The summed E-state index contributed by atoms with van der Waals surface area (Å²) in [5.41, 5.74) is 0.597. The summed E-state index contributed by atoms with van der Waals surface area (Å²) in [5.74, 6) is 0.825. The molecule has 2 saturated heterocycles. The standard InChI is InChI=1S/C18H25NO4/c20-17(15-5-9-21-11-15)19-7-4-16-18(12-19,6-1-8-23-16)13-22-10-14-2-3-14/h5,9,11,14,16H,1-4,6-8,10,12-13H2. The number of amides is 1. The molecular formula is C18H25NO4. The molecule has 23 heavy (non-hydrogen) atoms. The van der Waals surface area contributed by atoms with Gasteiger partial charge < -0.3 is 18.8 Å². The fraction of sp³-hybridized carbons (Fsp3) is 0.722. The summed E-state index contributed by atoms with van der Waals surface area (Å²) < 4.78 is 17.1. The smallest absolute Gasteiger partial charge is 0.257 e. The third-order valence-electron chi connectivity index (χ3n) is 5.48. The summed E-state index contributed by atoms with van der Waals surface area (Å²) in [6.07, 6.45) is 8.95. The van der Waals surface area contributed by atoms with Crippen LogP contribution in [0.25, 0.3) is 0 Å². The Morgan fingerprint density at radius 1 is 1.39 bits per heavy atom. The molecule has 5 heteroatoms. The highest BCUT2D eigenvalue weighted by Gasteiger charge is 2.47. The molecule has 1 amide bonds. The van der Waals surface area contributed by atoms with E-state index < -0.39 is 0 Å². The Bertz CT molecular complexity index is 539. The van der Waals surface area contributed by atoms with Gasteiger partial charge in [-0.05, 0) is 44.1 Å². The van der Waals surface area contributed by atoms with E-state index in [-0.39, 0.29) is 17.4 Å². The van der Waals surface area contributed by atoms with Gasteiger partial charge >= 0.3 is 0 Å². The number of furan rings is 1. The first-order valence-corrected chi connectivity index (χ1v) is 8.78. The Labute approximate surface area is 136 Å². The molecule has 1 aliphatic carbocycles. The second-order valence-corrected chi connectivity index (χ2v) is 7.31. The summed E-state index contributed by atoms with van der Waals surface area (Å²) >= 11 is 0. The van der Waals surface area contributed by atoms with Crippen molar-refractivity contribution in [1.82, 2.24) is 4.90 Å². The van der Waals surface area contributed by atoms with Gasteiger partial charge in [-0.3, -0.25) is 4.79 Å². The van der Waals surface area contributed by atoms with Crippen LogP contribution in [0.5, 0.6) is 0 Å². The molecular weight excluding hydrogens is 294 g/mol. The molecule has 0 aromatic carbocycles. The molecule has 2 atom stereocenters. The number of fused-ring (bicyclic) bond motifs is 1. The Hall–Kier alpha value is -1.33. The molecule has 1 aromatic rings. The second kappa shape index (κ2) is 6.29. The number of piperidine rings is 1. The van der Waals surface area contributed by atoms with Crippen molar-refractivity contribution in [3.63, 3.8) is 0 Å². The second-order valence-electron chi connectivity index (χ2n) is 7.31. The van der Waals surface area contributed by atoms with Crippen LogP contribution in [-0.2, 0) is 9.47 Å². The first-order chi connectivity index (χ1) is 11.3. The van der Waals surface area contributed by atoms with Crippen LogP contribution in [0.4, 0.5) is 0 Å². The number of ether oxygens (including phenoxy) is 2. The molecule has 2 aliphatic heterocycles. The molecule has 4 rings (SSSR count). The third-order valence-corrected chi connectivity index (χ3v) is 5.48. The third kappa shape index (κ3) is 3.17. The number of hydrogen-bond acceptors (Lipinski definition) is 4. The van der Waals surface area contributed by atoms with Gasteiger partial charge in [0.2, 0.25) is 0 Å². The van der Waals surface area contributed by atoms with E-state index in [1.807, 2.05) is 4.90 Å². The van der Waals surface area contributed by atoms with Crippen molar-refractivity contribution < 1.29 is 18.7 Å². The van der Waals surface area contributed by atoms with Gasteiger partial charge in [-0.15, -0.1) is 0 Å². The van der Waals surface area contributed by atoms with Gasteiger partial charge in [0, 0.05) is 31.7 Å². The van der Waals surface area contributed by atoms with E-state index in [1.165, 1.54) is 19.1 Å². The van der Waals surface area contributed by atoms with Gasteiger partial charge in [-0.2, -0.15) is 0 Å². The monoisotopic (exact) mass is 319 g/mol. The maximum atomic E-state index is 12.7. The average Bonchev–Trinajstić information content (AvgIpc) is 3.24. The van der Waals surface area contributed by atoms with Crippen LogP contribution < -0.4 is 0 Å². The van der Waals surface area contributed by atoms with Crippen LogP contribution in [-0.4, -0.2) is 49.8 Å². The van der Waals surface area contributed by atoms with Crippen LogP contribution in [0.15, 0.2) is 23.0 Å². The Morgan fingerprint density at radius 2 is 2.30 bits per heavy atom. The molecule has 1 saturated carbocycles. The van der Waals surface area contributed by atoms with E-state index in [0.717, 1.165) is 51.5 Å². The average molecular weight is 319 g/mol. The fourth-order valence-electron chi connectivity index (χ4n) is 3.96.